The summed E-state index contributed by atoms with van der Waals surface area (Å²) >= 11 is 0. The molecule has 0 aliphatic carbocycles. The van der Waals surface area contributed by atoms with Gasteiger partial charge in [0.2, 0.25) is 5.91 Å². The summed E-state index contributed by atoms with van der Waals surface area (Å²) in [6.07, 6.45) is 2.43. The van der Waals surface area contributed by atoms with Crippen molar-refractivity contribution in [2.24, 2.45) is 0 Å². The van der Waals surface area contributed by atoms with E-state index in [0.717, 1.165) is 0 Å². The first-order valence-corrected chi connectivity index (χ1v) is 6.31. The lowest BCUT2D eigenvalue weighted by molar-refractivity contribution is -0.129. The van der Waals surface area contributed by atoms with E-state index in [1.165, 1.54) is 13.2 Å². The average Bonchev–Trinajstić information content (AvgIpc) is 2.03. The number of piperidine rings is 1. The molecule has 0 bridgehead atoms. The van der Waals surface area contributed by atoms with Gasteiger partial charge in [-0.05, 0) is 12.8 Å². The van der Waals surface area contributed by atoms with Crippen LogP contribution in [0.3, 0.4) is 0 Å². The summed E-state index contributed by atoms with van der Waals surface area (Å²) in [5.41, 5.74) is 0. The Kier molecular flexibility index (Phi) is 2.95. The second-order valence-corrected chi connectivity index (χ2v) is 5.86. The van der Waals surface area contributed by atoms with Crippen LogP contribution in [0.5, 0.6) is 0 Å². The molecule has 0 spiro atoms. The van der Waals surface area contributed by atoms with Gasteiger partial charge in [0.15, 0.2) is 0 Å². The first kappa shape index (κ1) is 10.5. The molecule has 0 atom stereocenters. The third-order valence-electron chi connectivity index (χ3n) is 2.49. The highest BCUT2D eigenvalue weighted by Gasteiger charge is 2.27. The normalized spacial score (nSPS) is 20.3. The maximum Gasteiger partial charge on any atom is 0.219 e. The van der Waals surface area contributed by atoms with Gasteiger partial charge < -0.3 is 4.90 Å². The topological polar surface area (TPSA) is 54.5 Å². The summed E-state index contributed by atoms with van der Waals surface area (Å²) in [7, 11) is -2.91. The molecular weight excluding hydrogens is 190 g/mol. The van der Waals surface area contributed by atoms with E-state index < -0.39 is 9.84 Å². The third-order valence-corrected chi connectivity index (χ3v) is 4.18. The highest BCUT2D eigenvalue weighted by molar-refractivity contribution is 7.91. The zero-order valence-corrected chi connectivity index (χ0v) is 8.80. The van der Waals surface area contributed by atoms with E-state index in [9.17, 15) is 13.2 Å². The van der Waals surface area contributed by atoms with Gasteiger partial charge in [-0.3, -0.25) is 4.79 Å². The van der Waals surface area contributed by atoms with Gasteiger partial charge in [0.25, 0.3) is 0 Å². The summed E-state index contributed by atoms with van der Waals surface area (Å²) in [4.78, 5) is 12.6. The lowest BCUT2D eigenvalue weighted by Crippen LogP contribution is -2.41. The fourth-order valence-corrected chi connectivity index (χ4v) is 2.67. The van der Waals surface area contributed by atoms with E-state index in [2.05, 4.69) is 0 Å². The van der Waals surface area contributed by atoms with Gasteiger partial charge in [-0.15, -0.1) is 0 Å². The van der Waals surface area contributed by atoms with Gasteiger partial charge in [-0.2, -0.15) is 0 Å². The van der Waals surface area contributed by atoms with E-state index in [1.54, 1.807) is 4.90 Å². The molecule has 1 fully saturated rings. The maximum atomic E-state index is 11.2. The van der Waals surface area contributed by atoms with Crippen molar-refractivity contribution in [1.29, 1.82) is 0 Å². The molecule has 13 heavy (non-hydrogen) atoms. The Labute approximate surface area is 78.8 Å². The molecule has 0 aromatic carbocycles. The second-order valence-electron chi connectivity index (χ2n) is 3.53. The Morgan fingerprint density at radius 3 is 2.08 bits per heavy atom. The van der Waals surface area contributed by atoms with Crippen LogP contribution < -0.4 is 0 Å². The van der Waals surface area contributed by atoms with Crippen LogP contribution in [0.4, 0.5) is 0 Å². The van der Waals surface area contributed by atoms with Crippen LogP contribution in [0.25, 0.3) is 0 Å². The molecule has 0 aromatic rings. The third kappa shape index (κ3) is 2.69. The van der Waals surface area contributed by atoms with Crippen molar-refractivity contribution < 1.29 is 13.2 Å². The molecule has 0 saturated carbocycles. The predicted molar refractivity (Wildman–Crippen MR) is 50.1 cm³/mol. The van der Waals surface area contributed by atoms with E-state index in [1.807, 2.05) is 0 Å². The summed E-state index contributed by atoms with van der Waals surface area (Å²) < 4.78 is 22.3. The fourth-order valence-electron chi connectivity index (χ4n) is 1.60. The minimum Gasteiger partial charge on any atom is -0.343 e. The number of sulfone groups is 1. The van der Waals surface area contributed by atoms with Crippen molar-refractivity contribution in [3.8, 4) is 0 Å². The highest BCUT2D eigenvalue weighted by atomic mass is 32.2. The molecule has 1 heterocycles. The standard InChI is InChI=1S/C8H15NO3S/c1-7(10)9-5-3-8(4-6-9)13(2,11)12/h8H,3-6H2,1-2H3. The van der Waals surface area contributed by atoms with Gasteiger partial charge in [0.1, 0.15) is 9.84 Å². The van der Waals surface area contributed by atoms with Gasteiger partial charge in [-0.25, -0.2) is 8.42 Å². The monoisotopic (exact) mass is 205 g/mol. The molecule has 0 aromatic heterocycles. The molecule has 1 aliphatic heterocycles. The smallest absolute Gasteiger partial charge is 0.219 e. The van der Waals surface area contributed by atoms with Crippen LogP contribution in [0.2, 0.25) is 0 Å². The molecule has 0 radical (unpaired) electrons. The van der Waals surface area contributed by atoms with E-state index in [4.69, 9.17) is 0 Å². The second kappa shape index (κ2) is 3.65. The molecule has 5 heteroatoms. The minimum absolute atomic E-state index is 0.0342. The van der Waals surface area contributed by atoms with Crippen molar-refractivity contribution in [2.75, 3.05) is 19.3 Å². The number of hydrogen-bond acceptors (Lipinski definition) is 3. The summed E-state index contributed by atoms with van der Waals surface area (Å²) in [5.74, 6) is 0.0342. The number of rotatable bonds is 1. The lowest BCUT2D eigenvalue weighted by atomic mass is 10.1. The number of hydrogen-bond donors (Lipinski definition) is 0. The van der Waals surface area contributed by atoms with E-state index in [-0.39, 0.29) is 11.2 Å². The molecule has 1 amide bonds. The Balaban J connectivity index is 2.53. The van der Waals surface area contributed by atoms with Crippen LogP contribution in [0.1, 0.15) is 19.8 Å². The fraction of sp³-hybridized carbons (Fsp3) is 0.875. The first-order valence-electron chi connectivity index (χ1n) is 4.35. The van der Waals surface area contributed by atoms with Crippen molar-refractivity contribution in [3.05, 3.63) is 0 Å². The average molecular weight is 205 g/mol. The first-order chi connectivity index (χ1) is 5.91. The zero-order valence-electron chi connectivity index (χ0n) is 7.99. The molecule has 0 unspecified atom stereocenters. The summed E-state index contributed by atoms with van der Waals surface area (Å²) in [5, 5.41) is -0.247. The highest BCUT2D eigenvalue weighted by Crippen LogP contribution is 2.16. The maximum absolute atomic E-state index is 11.2. The molecular formula is C8H15NO3S. The Morgan fingerprint density at radius 1 is 1.31 bits per heavy atom. The minimum atomic E-state index is -2.91. The quantitative estimate of drug-likeness (QED) is 0.607. The summed E-state index contributed by atoms with van der Waals surface area (Å²) in [6, 6.07) is 0. The van der Waals surface area contributed by atoms with Crippen LogP contribution in [-0.4, -0.2) is 43.8 Å². The predicted octanol–water partition coefficient (Wildman–Crippen LogP) is 0.0419. The van der Waals surface area contributed by atoms with Gasteiger partial charge in [0, 0.05) is 26.3 Å². The van der Waals surface area contributed by atoms with E-state index >= 15 is 0 Å². The SMILES string of the molecule is CC(=O)N1CCC(S(C)(=O)=O)CC1. The number of nitrogens with zero attached hydrogens (tertiary/aromatic N) is 1. The molecule has 0 N–H and O–H groups in total. The number of likely N-dealkylation sites (tertiary alicyclic amines) is 1. The van der Waals surface area contributed by atoms with Crippen molar-refractivity contribution in [1.82, 2.24) is 4.90 Å². The molecule has 76 valence electrons. The van der Waals surface area contributed by atoms with E-state index in [0.29, 0.717) is 25.9 Å². The van der Waals surface area contributed by atoms with Gasteiger partial charge in [0.05, 0.1) is 5.25 Å². The Morgan fingerprint density at radius 2 is 1.77 bits per heavy atom. The van der Waals surface area contributed by atoms with Crippen LogP contribution >= 0.6 is 0 Å². The molecule has 1 saturated heterocycles. The largest absolute Gasteiger partial charge is 0.343 e. The van der Waals surface area contributed by atoms with Gasteiger partial charge >= 0.3 is 0 Å². The lowest BCUT2D eigenvalue weighted by Gasteiger charge is -2.30. The van der Waals surface area contributed by atoms with Crippen LogP contribution in [0.15, 0.2) is 0 Å². The number of amides is 1. The molecule has 1 rings (SSSR count). The van der Waals surface area contributed by atoms with Crippen LogP contribution in [-0.2, 0) is 14.6 Å². The molecule has 4 nitrogen and oxygen atoms in total. The van der Waals surface area contributed by atoms with Crippen molar-refractivity contribution in [2.45, 2.75) is 25.0 Å². The van der Waals surface area contributed by atoms with Gasteiger partial charge in [-0.1, -0.05) is 0 Å². The number of carbonyl (C=O) groups excluding carboxylic acids is 1. The molecule has 1 aliphatic rings. The zero-order chi connectivity index (χ0) is 10.1. The van der Waals surface area contributed by atoms with Crippen molar-refractivity contribution in [3.63, 3.8) is 0 Å². The van der Waals surface area contributed by atoms with Crippen molar-refractivity contribution >= 4 is 15.7 Å². The summed E-state index contributed by atoms with van der Waals surface area (Å²) in [6.45, 7) is 2.67. The Bertz CT molecular complexity index is 289. The Hall–Kier alpha value is -0.580. The van der Waals surface area contributed by atoms with Crippen LogP contribution in [0, 0.1) is 0 Å². The number of carbonyl (C=O) groups is 1.